The summed E-state index contributed by atoms with van der Waals surface area (Å²) < 4.78 is 1.68. The summed E-state index contributed by atoms with van der Waals surface area (Å²) in [6.45, 7) is 0. The van der Waals surface area contributed by atoms with Crippen LogP contribution in [-0.4, -0.2) is 30.7 Å². The molecule has 1 amide bonds. The number of hydrogen-bond donors (Lipinski definition) is 1. The van der Waals surface area contributed by atoms with E-state index in [0.29, 0.717) is 23.6 Å². The molecule has 0 unspecified atom stereocenters. The fourth-order valence-electron chi connectivity index (χ4n) is 3.13. The molecule has 30 heavy (non-hydrogen) atoms. The molecule has 1 N–H and O–H groups in total. The third-order valence-electron chi connectivity index (χ3n) is 4.51. The average Bonchev–Trinajstić information content (AvgIpc) is 3.43. The lowest BCUT2D eigenvalue weighted by Gasteiger charge is -2.07. The molecule has 0 radical (unpaired) electrons. The van der Waals surface area contributed by atoms with Gasteiger partial charge in [0.1, 0.15) is 5.69 Å². The molecular formula is C22H16N6OS. The highest BCUT2D eigenvalue weighted by Gasteiger charge is 2.12. The standard InChI is InChI=1S/C22H16N6OS/c29-21(14-17-7-4-12-30-17)24-16-6-3-5-15(13-16)18-9-10-20-25-26-22(28(20)27-18)19-8-1-2-11-23-19/h1-13H,14H2,(H,24,29). The largest absolute Gasteiger partial charge is 0.326 e. The van der Waals surface area contributed by atoms with Crippen LogP contribution < -0.4 is 5.32 Å². The van der Waals surface area contributed by atoms with E-state index in [1.807, 2.05) is 72.1 Å². The molecule has 0 spiro atoms. The molecular weight excluding hydrogens is 396 g/mol. The van der Waals surface area contributed by atoms with Crippen molar-refractivity contribution in [2.24, 2.45) is 0 Å². The molecule has 1 aromatic carbocycles. The van der Waals surface area contributed by atoms with Crippen molar-refractivity contribution in [1.82, 2.24) is 24.8 Å². The number of benzene rings is 1. The van der Waals surface area contributed by atoms with Crippen LogP contribution in [-0.2, 0) is 11.2 Å². The maximum absolute atomic E-state index is 12.3. The molecule has 0 saturated heterocycles. The van der Waals surface area contributed by atoms with Gasteiger partial charge in [0, 0.05) is 22.3 Å². The molecule has 0 aliphatic heterocycles. The first kappa shape index (κ1) is 18.1. The minimum absolute atomic E-state index is 0.0470. The van der Waals surface area contributed by atoms with Gasteiger partial charge in [0.15, 0.2) is 5.65 Å². The Morgan fingerprint density at radius 2 is 1.93 bits per heavy atom. The van der Waals surface area contributed by atoms with Crippen LogP contribution in [0.4, 0.5) is 5.69 Å². The van der Waals surface area contributed by atoms with E-state index in [2.05, 4.69) is 20.5 Å². The SMILES string of the molecule is O=C(Cc1cccs1)Nc1cccc(-c2ccc3nnc(-c4ccccn4)n3n2)c1. The van der Waals surface area contributed by atoms with E-state index < -0.39 is 0 Å². The summed E-state index contributed by atoms with van der Waals surface area (Å²) >= 11 is 1.57. The van der Waals surface area contributed by atoms with Crippen molar-refractivity contribution in [3.05, 3.63) is 83.2 Å². The summed E-state index contributed by atoms with van der Waals surface area (Å²) in [5.41, 5.74) is 3.69. The Hall–Kier alpha value is -3.91. The van der Waals surface area contributed by atoms with E-state index in [1.54, 1.807) is 22.0 Å². The number of rotatable bonds is 5. The number of carbonyl (C=O) groups excluding carboxylic acids is 1. The average molecular weight is 412 g/mol. The number of nitrogens with zero attached hydrogens (tertiary/aromatic N) is 5. The lowest BCUT2D eigenvalue weighted by Crippen LogP contribution is -2.13. The molecule has 4 heterocycles. The van der Waals surface area contributed by atoms with E-state index >= 15 is 0 Å². The summed E-state index contributed by atoms with van der Waals surface area (Å²) in [4.78, 5) is 17.7. The number of anilines is 1. The van der Waals surface area contributed by atoms with Crippen LogP contribution in [0.15, 0.2) is 78.3 Å². The van der Waals surface area contributed by atoms with E-state index in [0.717, 1.165) is 21.8 Å². The monoisotopic (exact) mass is 412 g/mol. The molecule has 7 nitrogen and oxygen atoms in total. The van der Waals surface area contributed by atoms with Crippen molar-refractivity contribution < 1.29 is 4.79 Å². The van der Waals surface area contributed by atoms with Crippen LogP contribution in [0.1, 0.15) is 4.88 Å². The summed E-state index contributed by atoms with van der Waals surface area (Å²) in [5.74, 6) is 0.530. The molecule has 0 aliphatic carbocycles. The minimum atomic E-state index is -0.0470. The van der Waals surface area contributed by atoms with Crippen molar-refractivity contribution in [1.29, 1.82) is 0 Å². The second-order valence-corrected chi connectivity index (χ2v) is 7.64. The van der Waals surface area contributed by atoms with Crippen LogP contribution in [0, 0.1) is 0 Å². The number of hydrogen-bond acceptors (Lipinski definition) is 6. The summed E-state index contributed by atoms with van der Waals surface area (Å²) in [7, 11) is 0. The highest BCUT2D eigenvalue weighted by atomic mass is 32.1. The van der Waals surface area contributed by atoms with Gasteiger partial charge in [0.2, 0.25) is 11.7 Å². The third kappa shape index (κ3) is 3.68. The van der Waals surface area contributed by atoms with Crippen molar-refractivity contribution in [3.8, 4) is 22.8 Å². The van der Waals surface area contributed by atoms with Gasteiger partial charge >= 0.3 is 0 Å². The van der Waals surface area contributed by atoms with E-state index in [-0.39, 0.29) is 5.91 Å². The van der Waals surface area contributed by atoms with Gasteiger partial charge in [-0.15, -0.1) is 21.5 Å². The molecule has 0 fully saturated rings. The summed E-state index contributed by atoms with van der Waals surface area (Å²) in [6, 6.07) is 20.9. The number of thiophene rings is 1. The molecule has 5 aromatic rings. The first-order valence-electron chi connectivity index (χ1n) is 9.33. The highest BCUT2D eigenvalue weighted by Crippen LogP contribution is 2.23. The van der Waals surface area contributed by atoms with Gasteiger partial charge in [0.25, 0.3) is 0 Å². The quantitative estimate of drug-likeness (QED) is 0.470. The highest BCUT2D eigenvalue weighted by molar-refractivity contribution is 7.10. The molecule has 146 valence electrons. The molecule has 0 saturated carbocycles. The fraction of sp³-hybridized carbons (Fsp3) is 0.0455. The lowest BCUT2D eigenvalue weighted by molar-refractivity contribution is -0.115. The van der Waals surface area contributed by atoms with Gasteiger partial charge in [-0.25, -0.2) is 0 Å². The summed E-state index contributed by atoms with van der Waals surface area (Å²) in [6.07, 6.45) is 2.07. The third-order valence-corrected chi connectivity index (χ3v) is 5.39. The Kier molecular flexibility index (Phi) is 4.74. The zero-order chi connectivity index (χ0) is 20.3. The second-order valence-electron chi connectivity index (χ2n) is 6.61. The molecule has 5 rings (SSSR count). The zero-order valence-corrected chi connectivity index (χ0v) is 16.6. The van der Waals surface area contributed by atoms with Crippen LogP contribution >= 0.6 is 11.3 Å². The zero-order valence-electron chi connectivity index (χ0n) is 15.8. The number of fused-ring (bicyclic) bond motifs is 1. The van der Waals surface area contributed by atoms with Gasteiger partial charge in [-0.05, 0) is 47.8 Å². The first-order valence-corrected chi connectivity index (χ1v) is 10.2. The molecule has 8 heteroatoms. The van der Waals surface area contributed by atoms with Crippen molar-refractivity contribution >= 4 is 28.6 Å². The maximum Gasteiger partial charge on any atom is 0.229 e. The maximum atomic E-state index is 12.3. The van der Waals surface area contributed by atoms with E-state index in [1.165, 1.54) is 0 Å². The Labute approximate surface area is 176 Å². The van der Waals surface area contributed by atoms with Gasteiger partial charge in [0.05, 0.1) is 12.1 Å². The van der Waals surface area contributed by atoms with Gasteiger partial charge in [-0.1, -0.05) is 24.3 Å². The number of pyridine rings is 1. The van der Waals surface area contributed by atoms with Crippen molar-refractivity contribution in [3.63, 3.8) is 0 Å². The number of amides is 1. The van der Waals surface area contributed by atoms with Gasteiger partial charge in [-0.2, -0.15) is 9.61 Å². The number of carbonyl (C=O) groups is 1. The van der Waals surface area contributed by atoms with Gasteiger partial charge < -0.3 is 5.32 Å². The topological polar surface area (TPSA) is 85.1 Å². The van der Waals surface area contributed by atoms with Gasteiger partial charge in [-0.3, -0.25) is 9.78 Å². The van der Waals surface area contributed by atoms with Crippen LogP contribution in [0.25, 0.3) is 28.4 Å². The van der Waals surface area contributed by atoms with E-state index in [9.17, 15) is 4.79 Å². The predicted octanol–water partition coefficient (Wildman–Crippen LogP) is 4.10. The Bertz CT molecular complexity index is 1310. The Morgan fingerprint density at radius 3 is 2.77 bits per heavy atom. The normalized spacial score (nSPS) is 10.9. The van der Waals surface area contributed by atoms with Crippen molar-refractivity contribution in [2.75, 3.05) is 5.32 Å². The number of aromatic nitrogens is 5. The molecule has 0 bridgehead atoms. The Balaban J connectivity index is 1.44. The smallest absolute Gasteiger partial charge is 0.229 e. The Morgan fingerprint density at radius 1 is 0.967 bits per heavy atom. The molecule has 4 aromatic heterocycles. The van der Waals surface area contributed by atoms with Crippen LogP contribution in [0.5, 0.6) is 0 Å². The molecule has 0 atom stereocenters. The predicted molar refractivity (Wildman–Crippen MR) is 116 cm³/mol. The fourth-order valence-corrected chi connectivity index (χ4v) is 3.83. The minimum Gasteiger partial charge on any atom is -0.326 e. The summed E-state index contributed by atoms with van der Waals surface area (Å²) in [5, 5.41) is 18.0. The van der Waals surface area contributed by atoms with Crippen LogP contribution in [0.2, 0.25) is 0 Å². The van der Waals surface area contributed by atoms with Crippen molar-refractivity contribution in [2.45, 2.75) is 6.42 Å². The second kappa shape index (κ2) is 7.84. The molecule has 0 aliphatic rings. The van der Waals surface area contributed by atoms with E-state index in [4.69, 9.17) is 5.10 Å². The van der Waals surface area contributed by atoms with Crippen LogP contribution in [0.3, 0.4) is 0 Å². The lowest BCUT2D eigenvalue weighted by atomic mass is 10.1. The first-order chi connectivity index (χ1) is 14.8. The number of nitrogens with one attached hydrogen (secondary N) is 1.